The van der Waals surface area contributed by atoms with E-state index in [1.165, 1.54) is 11.1 Å². The van der Waals surface area contributed by atoms with Gasteiger partial charge in [0.05, 0.1) is 6.42 Å². The Hall–Kier alpha value is -2.29. The minimum absolute atomic E-state index is 0.00848. The smallest absolute Gasteiger partial charge is 0.303 e. The highest BCUT2D eigenvalue weighted by atomic mass is 16.5. The number of benzene rings is 2. The van der Waals surface area contributed by atoms with Crippen molar-refractivity contribution in [3.63, 3.8) is 0 Å². The second kappa shape index (κ2) is 8.38. The van der Waals surface area contributed by atoms with E-state index in [4.69, 9.17) is 9.84 Å². The van der Waals surface area contributed by atoms with E-state index in [0.29, 0.717) is 6.61 Å². The van der Waals surface area contributed by atoms with Crippen LogP contribution < -0.4 is 4.74 Å². The zero-order valence-electron chi connectivity index (χ0n) is 18.3. The van der Waals surface area contributed by atoms with Gasteiger partial charge in [-0.15, -0.1) is 0 Å². The Bertz CT molecular complexity index is 805. The summed E-state index contributed by atoms with van der Waals surface area (Å²) >= 11 is 0. The lowest BCUT2D eigenvalue weighted by molar-refractivity contribution is -0.137. The van der Waals surface area contributed by atoms with E-state index in [-0.39, 0.29) is 23.2 Å². The van der Waals surface area contributed by atoms with Crippen molar-refractivity contribution in [2.24, 2.45) is 0 Å². The largest absolute Gasteiger partial charge is 0.489 e. The van der Waals surface area contributed by atoms with Crippen LogP contribution in [0.1, 0.15) is 83.1 Å². The van der Waals surface area contributed by atoms with Gasteiger partial charge in [-0.25, -0.2) is 0 Å². The lowest BCUT2D eigenvalue weighted by Crippen LogP contribution is -2.22. The van der Waals surface area contributed by atoms with Crippen molar-refractivity contribution in [1.29, 1.82) is 0 Å². The number of hydrogen-bond acceptors (Lipinski definition) is 2. The molecule has 1 N–H and O–H groups in total. The van der Waals surface area contributed by atoms with Crippen LogP contribution in [0.15, 0.2) is 42.5 Å². The number of rotatable bonds is 6. The Labute approximate surface area is 169 Å². The van der Waals surface area contributed by atoms with Gasteiger partial charge in [0.25, 0.3) is 0 Å². The van der Waals surface area contributed by atoms with Crippen LogP contribution >= 0.6 is 0 Å². The quantitative estimate of drug-likeness (QED) is 0.625. The Morgan fingerprint density at radius 2 is 1.50 bits per heavy atom. The maximum absolute atomic E-state index is 10.9. The first-order chi connectivity index (χ1) is 12.9. The third-order valence-corrected chi connectivity index (χ3v) is 5.04. The van der Waals surface area contributed by atoms with Crippen LogP contribution in [0.25, 0.3) is 0 Å². The summed E-state index contributed by atoms with van der Waals surface area (Å²) < 4.78 is 5.98. The fourth-order valence-corrected chi connectivity index (χ4v) is 3.39. The molecule has 0 radical (unpaired) electrons. The molecule has 2 rings (SSSR count). The Balaban J connectivity index is 2.13. The molecule has 28 heavy (non-hydrogen) atoms. The third-order valence-electron chi connectivity index (χ3n) is 5.04. The van der Waals surface area contributed by atoms with Crippen molar-refractivity contribution in [3.8, 4) is 5.75 Å². The topological polar surface area (TPSA) is 46.5 Å². The normalized spacial score (nSPS) is 13.2. The minimum Gasteiger partial charge on any atom is -0.489 e. The summed E-state index contributed by atoms with van der Waals surface area (Å²) in [4.78, 5) is 10.9. The summed E-state index contributed by atoms with van der Waals surface area (Å²) in [5, 5.41) is 8.93. The monoisotopic (exact) mass is 382 g/mol. The molecule has 3 nitrogen and oxygen atoms in total. The molecule has 0 aliphatic carbocycles. The predicted molar refractivity (Wildman–Crippen MR) is 115 cm³/mol. The van der Waals surface area contributed by atoms with E-state index < -0.39 is 5.97 Å². The molecule has 3 heteroatoms. The summed E-state index contributed by atoms with van der Waals surface area (Å²) in [6.07, 6.45) is 0.135. The molecule has 0 aliphatic heterocycles. The highest BCUT2D eigenvalue weighted by molar-refractivity contribution is 5.68. The molecule has 0 spiro atoms. The maximum atomic E-state index is 10.9. The standard InChI is InChI=1S/C25H34O3/c1-17(14-23(26)27)19-9-11-20(12-10-19)28-16-18-8-13-21(24(2,3)4)22(15-18)25(5,6)7/h8-13,15,17H,14,16H2,1-7H3,(H,26,27). The van der Waals surface area contributed by atoms with E-state index in [1.807, 2.05) is 31.2 Å². The molecule has 2 aromatic rings. The van der Waals surface area contributed by atoms with Crippen LogP contribution in [-0.4, -0.2) is 11.1 Å². The second-order valence-electron chi connectivity index (χ2n) is 9.74. The van der Waals surface area contributed by atoms with Gasteiger partial charge in [-0.2, -0.15) is 0 Å². The second-order valence-corrected chi connectivity index (χ2v) is 9.74. The van der Waals surface area contributed by atoms with Crippen molar-refractivity contribution in [1.82, 2.24) is 0 Å². The van der Waals surface area contributed by atoms with Crippen molar-refractivity contribution in [3.05, 3.63) is 64.7 Å². The van der Waals surface area contributed by atoms with Gasteiger partial charge in [0.2, 0.25) is 0 Å². The van der Waals surface area contributed by atoms with Gasteiger partial charge in [0.15, 0.2) is 0 Å². The third kappa shape index (κ3) is 5.85. The van der Waals surface area contributed by atoms with Crippen LogP contribution in [0.4, 0.5) is 0 Å². The molecule has 0 saturated carbocycles. The van der Waals surface area contributed by atoms with Crippen LogP contribution in [0.5, 0.6) is 5.75 Å². The molecule has 2 aromatic carbocycles. The Morgan fingerprint density at radius 3 is 2.00 bits per heavy atom. The summed E-state index contributed by atoms with van der Waals surface area (Å²) in [5.74, 6) is 0.00972. The van der Waals surface area contributed by atoms with Crippen LogP contribution in [-0.2, 0) is 22.2 Å². The molecule has 1 atom stereocenters. The van der Waals surface area contributed by atoms with Gasteiger partial charge >= 0.3 is 5.97 Å². The van der Waals surface area contributed by atoms with Gasteiger partial charge in [0, 0.05) is 0 Å². The molecule has 0 aromatic heterocycles. The first kappa shape index (κ1) is 22.0. The van der Waals surface area contributed by atoms with E-state index in [0.717, 1.165) is 16.9 Å². The zero-order valence-corrected chi connectivity index (χ0v) is 18.3. The van der Waals surface area contributed by atoms with Gasteiger partial charge < -0.3 is 9.84 Å². The van der Waals surface area contributed by atoms with Crippen molar-refractivity contribution in [2.75, 3.05) is 0 Å². The minimum atomic E-state index is -0.777. The molecule has 0 heterocycles. The molecule has 0 aliphatic rings. The van der Waals surface area contributed by atoms with Gasteiger partial charge in [-0.05, 0) is 51.1 Å². The van der Waals surface area contributed by atoms with E-state index in [9.17, 15) is 4.79 Å². The number of carboxylic acid groups (broad SMARTS) is 1. The summed E-state index contributed by atoms with van der Waals surface area (Å²) in [5.41, 5.74) is 5.07. The van der Waals surface area contributed by atoms with E-state index in [2.05, 4.69) is 59.7 Å². The number of aliphatic carboxylic acids is 1. The Morgan fingerprint density at radius 1 is 0.929 bits per heavy atom. The SMILES string of the molecule is CC(CC(=O)O)c1ccc(OCc2ccc(C(C)(C)C)c(C(C)(C)C)c2)cc1. The van der Waals surface area contributed by atoms with Crippen molar-refractivity contribution < 1.29 is 14.6 Å². The number of hydrogen-bond donors (Lipinski definition) is 1. The van der Waals surface area contributed by atoms with E-state index >= 15 is 0 Å². The van der Waals surface area contributed by atoms with Gasteiger partial charge in [-0.3, -0.25) is 4.79 Å². The van der Waals surface area contributed by atoms with Crippen LogP contribution in [0, 0.1) is 0 Å². The lowest BCUT2D eigenvalue weighted by atomic mass is 9.75. The number of ether oxygens (including phenoxy) is 1. The molecule has 0 saturated heterocycles. The zero-order chi connectivity index (χ0) is 21.1. The van der Waals surface area contributed by atoms with Crippen molar-refractivity contribution in [2.45, 2.75) is 78.2 Å². The predicted octanol–water partition coefficient (Wildman–Crippen LogP) is 6.44. The first-order valence-electron chi connectivity index (χ1n) is 9.96. The molecular weight excluding hydrogens is 348 g/mol. The molecule has 1 unspecified atom stereocenters. The fraction of sp³-hybridized carbons (Fsp3) is 0.480. The van der Waals surface area contributed by atoms with Crippen molar-refractivity contribution >= 4 is 5.97 Å². The number of carbonyl (C=O) groups is 1. The first-order valence-corrected chi connectivity index (χ1v) is 9.96. The highest BCUT2D eigenvalue weighted by Gasteiger charge is 2.25. The maximum Gasteiger partial charge on any atom is 0.303 e. The van der Waals surface area contributed by atoms with Gasteiger partial charge in [-0.1, -0.05) is 78.8 Å². The highest BCUT2D eigenvalue weighted by Crippen LogP contribution is 2.34. The van der Waals surface area contributed by atoms with Gasteiger partial charge in [0.1, 0.15) is 12.4 Å². The Kier molecular flexibility index (Phi) is 6.59. The summed E-state index contributed by atoms with van der Waals surface area (Å²) in [6.45, 7) is 15.9. The fourth-order valence-electron chi connectivity index (χ4n) is 3.39. The molecule has 0 fully saturated rings. The molecule has 152 valence electrons. The number of carboxylic acids is 1. The van der Waals surface area contributed by atoms with E-state index in [1.54, 1.807) is 0 Å². The molecule has 0 amide bonds. The van der Waals surface area contributed by atoms with Crippen LogP contribution in [0.3, 0.4) is 0 Å². The lowest BCUT2D eigenvalue weighted by Gasteiger charge is -2.30. The van der Waals surface area contributed by atoms with Crippen LogP contribution in [0.2, 0.25) is 0 Å². The summed E-state index contributed by atoms with van der Waals surface area (Å²) in [7, 11) is 0. The summed E-state index contributed by atoms with van der Waals surface area (Å²) in [6, 6.07) is 14.4. The average Bonchev–Trinajstić information content (AvgIpc) is 2.58. The average molecular weight is 383 g/mol. The molecular formula is C25H34O3. The molecule has 0 bridgehead atoms.